The van der Waals surface area contributed by atoms with Gasteiger partial charge in [-0.15, -0.1) is 24.0 Å². The van der Waals surface area contributed by atoms with Gasteiger partial charge in [0.2, 0.25) is 0 Å². The number of piperidine rings is 1. The second kappa shape index (κ2) is 13.7. The molecular weight excluding hydrogens is 509 g/mol. The molecule has 0 aromatic heterocycles. The van der Waals surface area contributed by atoms with Crippen molar-refractivity contribution in [2.24, 2.45) is 10.9 Å². The van der Waals surface area contributed by atoms with E-state index in [0.29, 0.717) is 19.0 Å². The Labute approximate surface area is 206 Å². The molecule has 0 radical (unpaired) electrons. The van der Waals surface area contributed by atoms with Crippen LogP contribution in [-0.2, 0) is 9.47 Å². The van der Waals surface area contributed by atoms with Crippen LogP contribution in [0.3, 0.4) is 0 Å². The average Bonchev–Trinajstić information content (AvgIpc) is 2.68. The van der Waals surface area contributed by atoms with E-state index in [1.807, 2.05) is 32.6 Å². The number of morpholine rings is 1. The van der Waals surface area contributed by atoms with Crippen molar-refractivity contribution in [3.05, 3.63) is 0 Å². The zero-order valence-corrected chi connectivity index (χ0v) is 22.7. The van der Waals surface area contributed by atoms with Gasteiger partial charge in [0.05, 0.1) is 19.3 Å². The van der Waals surface area contributed by atoms with Gasteiger partial charge in [0.1, 0.15) is 5.60 Å². The first-order valence-electron chi connectivity index (χ1n) is 11.5. The Hall–Kier alpha value is -0.810. The summed E-state index contributed by atoms with van der Waals surface area (Å²) >= 11 is 0. The monoisotopic (exact) mass is 553 g/mol. The minimum Gasteiger partial charge on any atom is -0.444 e. The molecular formula is C22H44IN5O3. The zero-order chi connectivity index (χ0) is 22.1. The van der Waals surface area contributed by atoms with E-state index in [1.165, 1.54) is 0 Å². The highest BCUT2D eigenvalue weighted by Crippen LogP contribution is 2.20. The van der Waals surface area contributed by atoms with E-state index in [1.54, 1.807) is 0 Å². The number of ether oxygens (including phenoxy) is 2. The van der Waals surface area contributed by atoms with Crippen molar-refractivity contribution in [3.63, 3.8) is 0 Å². The molecule has 2 heterocycles. The molecule has 2 rings (SSSR count). The molecule has 1 atom stereocenters. The lowest BCUT2D eigenvalue weighted by molar-refractivity contribution is -0.0137. The lowest BCUT2D eigenvalue weighted by atomic mass is 9.96. The normalized spacial score (nSPS) is 21.4. The molecule has 1 N–H and O–H groups in total. The van der Waals surface area contributed by atoms with Gasteiger partial charge >= 0.3 is 6.09 Å². The van der Waals surface area contributed by atoms with Gasteiger partial charge in [-0.3, -0.25) is 4.99 Å². The molecule has 1 amide bonds. The number of amides is 1. The number of nitrogens with one attached hydrogen (secondary N) is 1. The molecule has 0 aliphatic carbocycles. The molecule has 0 bridgehead atoms. The lowest BCUT2D eigenvalue weighted by Crippen LogP contribution is -2.48. The van der Waals surface area contributed by atoms with E-state index in [2.05, 4.69) is 29.1 Å². The fourth-order valence-electron chi connectivity index (χ4n) is 3.89. The van der Waals surface area contributed by atoms with Crippen LogP contribution in [0.2, 0.25) is 0 Å². The fraction of sp³-hybridized carbons (Fsp3) is 0.909. The molecule has 2 fully saturated rings. The second-order valence-corrected chi connectivity index (χ2v) is 9.40. The summed E-state index contributed by atoms with van der Waals surface area (Å²) in [4.78, 5) is 23.8. The maximum Gasteiger partial charge on any atom is 0.410 e. The van der Waals surface area contributed by atoms with Crippen LogP contribution < -0.4 is 5.32 Å². The number of carbonyl (C=O) groups excluding carboxylic acids is 1. The largest absolute Gasteiger partial charge is 0.444 e. The van der Waals surface area contributed by atoms with Gasteiger partial charge in [0.25, 0.3) is 0 Å². The maximum absolute atomic E-state index is 12.4. The number of likely N-dealkylation sites (N-methyl/N-ethyl adjacent to an activating group) is 1. The molecule has 31 heavy (non-hydrogen) atoms. The van der Waals surface area contributed by atoms with Gasteiger partial charge in [-0.05, 0) is 60.4 Å². The van der Waals surface area contributed by atoms with Crippen LogP contribution >= 0.6 is 24.0 Å². The van der Waals surface area contributed by atoms with E-state index in [9.17, 15) is 4.79 Å². The first-order chi connectivity index (χ1) is 14.2. The van der Waals surface area contributed by atoms with Crippen LogP contribution in [-0.4, -0.2) is 104 Å². The molecule has 2 saturated heterocycles. The van der Waals surface area contributed by atoms with Crippen molar-refractivity contribution in [1.82, 2.24) is 20.0 Å². The van der Waals surface area contributed by atoms with Gasteiger partial charge in [0.15, 0.2) is 5.96 Å². The molecule has 182 valence electrons. The van der Waals surface area contributed by atoms with E-state index < -0.39 is 5.60 Å². The Balaban J connectivity index is 0.00000480. The minimum absolute atomic E-state index is 0. The quantitative estimate of drug-likeness (QED) is 0.310. The predicted octanol–water partition coefficient (Wildman–Crippen LogP) is 2.87. The van der Waals surface area contributed by atoms with E-state index in [4.69, 9.17) is 14.5 Å². The number of aliphatic imine (C=N–C) groups is 1. The number of nitrogens with zero attached hydrogens (tertiary/aromatic N) is 4. The number of halogens is 1. The smallest absolute Gasteiger partial charge is 0.410 e. The van der Waals surface area contributed by atoms with Crippen molar-refractivity contribution < 1.29 is 14.3 Å². The summed E-state index contributed by atoms with van der Waals surface area (Å²) in [6.45, 7) is 17.4. The predicted molar refractivity (Wildman–Crippen MR) is 136 cm³/mol. The van der Waals surface area contributed by atoms with E-state index >= 15 is 0 Å². The molecule has 2 aliphatic rings. The topological polar surface area (TPSA) is 69.6 Å². The van der Waals surface area contributed by atoms with Gasteiger partial charge in [-0.25, -0.2) is 4.79 Å². The van der Waals surface area contributed by atoms with Crippen molar-refractivity contribution in [1.29, 1.82) is 0 Å². The molecule has 0 aromatic carbocycles. The third-order valence-corrected chi connectivity index (χ3v) is 5.55. The first kappa shape index (κ1) is 28.2. The number of guanidine groups is 1. The van der Waals surface area contributed by atoms with E-state index in [0.717, 1.165) is 64.7 Å². The Morgan fingerprint density at radius 2 is 1.90 bits per heavy atom. The molecule has 0 saturated carbocycles. The Morgan fingerprint density at radius 1 is 1.23 bits per heavy atom. The third-order valence-electron chi connectivity index (χ3n) is 5.55. The molecule has 0 spiro atoms. The second-order valence-electron chi connectivity index (χ2n) is 9.40. The first-order valence-corrected chi connectivity index (χ1v) is 11.5. The van der Waals surface area contributed by atoms with Gasteiger partial charge in [-0.1, -0.05) is 0 Å². The van der Waals surface area contributed by atoms with Crippen LogP contribution in [0, 0.1) is 5.92 Å². The molecule has 0 aromatic rings. The summed E-state index contributed by atoms with van der Waals surface area (Å²) < 4.78 is 11.4. The van der Waals surface area contributed by atoms with Crippen LogP contribution in [0.1, 0.15) is 47.5 Å². The van der Waals surface area contributed by atoms with Crippen molar-refractivity contribution in [3.8, 4) is 0 Å². The fourth-order valence-corrected chi connectivity index (χ4v) is 3.89. The van der Waals surface area contributed by atoms with Crippen LogP contribution in [0.5, 0.6) is 0 Å². The summed E-state index contributed by atoms with van der Waals surface area (Å²) in [5.74, 6) is 1.47. The highest BCUT2D eigenvalue weighted by molar-refractivity contribution is 14.0. The number of rotatable bonds is 6. The van der Waals surface area contributed by atoms with Crippen LogP contribution in [0.25, 0.3) is 0 Å². The summed E-state index contributed by atoms with van der Waals surface area (Å²) in [7, 11) is 2.13. The van der Waals surface area contributed by atoms with E-state index in [-0.39, 0.29) is 36.2 Å². The Kier molecular flexibility index (Phi) is 12.4. The SMILES string of the molecule is CCNC(=NCC1CN(C)CCO1)N1CCC(CN(CC)C(=O)OC(C)(C)C)CC1.I. The molecule has 9 heteroatoms. The summed E-state index contributed by atoms with van der Waals surface area (Å²) in [5.41, 5.74) is -0.456. The number of likely N-dealkylation sites (tertiary alicyclic amines) is 1. The van der Waals surface area contributed by atoms with Crippen LogP contribution in [0.4, 0.5) is 4.79 Å². The number of hydrogen-bond acceptors (Lipinski definition) is 5. The standard InChI is InChI=1S/C22H43N5O3.HI/c1-7-23-20(24-15-19-17-25(6)13-14-29-19)27-11-9-18(10-12-27)16-26(8-2)21(28)30-22(3,4)5;/h18-19H,7-17H2,1-6H3,(H,23,24);1H. The highest BCUT2D eigenvalue weighted by atomic mass is 127. The third kappa shape index (κ3) is 10.1. The van der Waals surface area contributed by atoms with Gasteiger partial charge in [0, 0.05) is 45.8 Å². The van der Waals surface area contributed by atoms with Crippen LogP contribution in [0.15, 0.2) is 4.99 Å². The zero-order valence-electron chi connectivity index (χ0n) is 20.4. The van der Waals surface area contributed by atoms with Gasteiger partial charge in [-0.2, -0.15) is 0 Å². The maximum atomic E-state index is 12.4. The average molecular weight is 554 g/mol. The summed E-state index contributed by atoms with van der Waals surface area (Å²) in [5, 5.41) is 3.44. The number of carbonyl (C=O) groups is 1. The van der Waals surface area contributed by atoms with Crippen molar-refractivity contribution in [2.45, 2.75) is 59.2 Å². The number of hydrogen-bond donors (Lipinski definition) is 1. The molecule has 1 unspecified atom stereocenters. The van der Waals surface area contributed by atoms with Crippen molar-refractivity contribution in [2.75, 3.05) is 66.0 Å². The Bertz CT molecular complexity index is 562. The molecule has 2 aliphatic heterocycles. The Morgan fingerprint density at radius 3 is 2.45 bits per heavy atom. The lowest BCUT2D eigenvalue weighted by Gasteiger charge is -2.37. The minimum atomic E-state index is -0.456. The molecule has 8 nitrogen and oxygen atoms in total. The van der Waals surface area contributed by atoms with Gasteiger partial charge < -0.3 is 29.5 Å². The summed E-state index contributed by atoms with van der Waals surface area (Å²) in [6, 6.07) is 0. The van der Waals surface area contributed by atoms with Crippen molar-refractivity contribution >= 4 is 36.0 Å². The summed E-state index contributed by atoms with van der Waals surface area (Å²) in [6.07, 6.45) is 2.06. The highest BCUT2D eigenvalue weighted by Gasteiger charge is 2.27.